The van der Waals surface area contributed by atoms with E-state index in [1.165, 1.54) is 0 Å². The number of hydrogen-bond donors (Lipinski definition) is 1. The molecule has 0 fully saturated rings. The minimum atomic E-state index is -4.17. The Hall–Kier alpha value is -0.970. The summed E-state index contributed by atoms with van der Waals surface area (Å²) in [6, 6.07) is 1.20. The van der Waals surface area contributed by atoms with Crippen LogP contribution < -0.4 is 0 Å². The van der Waals surface area contributed by atoms with Crippen LogP contribution in [0, 0.1) is 12.3 Å². The molecule has 20 heavy (non-hydrogen) atoms. The molecule has 1 heterocycles. The van der Waals surface area contributed by atoms with Crippen molar-refractivity contribution in [2.75, 3.05) is 0 Å². The van der Waals surface area contributed by atoms with Gasteiger partial charge in [0, 0.05) is 23.0 Å². The number of aryl methyl sites for hydroxylation is 1. The van der Waals surface area contributed by atoms with Crippen LogP contribution in [0.25, 0.3) is 0 Å². The largest absolute Gasteiger partial charge is 0.391 e. The van der Waals surface area contributed by atoms with Crippen molar-refractivity contribution in [1.29, 1.82) is 0 Å². The number of aliphatic hydroxyl groups excluding tert-OH is 1. The molecule has 2 nitrogen and oxygen atoms in total. The zero-order valence-corrected chi connectivity index (χ0v) is 12.4. The minimum Gasteiger partial charge on any atom is -0.388 e. The Labute approximate surface area is 117 Å². The molecule has 2 unspecified atom stereocenters. The van der Waals surface area contributed by atoms with E-state index in [1.807, 2.05) is 26.8 Å². The molecular weight excluding hydrogens is 267 g/mol. The number of halogens is 3. The van der Waals surface area contributed by atoms with Gasteiger partial charge in [-0.1, -0.05) is 13.8 Å². The summed E-state index contributed by atoms with van der Waals surface area (Å²) >= 11 is 0. The predicted molar refractivity (Wildman–Crippen MR) is 71.6 cm³/mol. The number of hydrogen-bond acceptors (Lipinski definition) is 1. The second-order valence-electron chi connectivity index (χ2n) is 6.79. The molecule has 1 aromatic heterocycles. The van der Waals surface area contributed by atoms with E-state index in [0.717, 1.165) is 17.0 Å². The van der Waals surface area contributed by atoms with Gasteiger partial charge in [-0.3, -0.25) is 0 Å². The Morgan fingerprint density at radius 3 is 2.60 bits per heavy atom. The Balaban J connectivity index is 2.41. The molecule has 2 rings (SSSR count). The Kier molecular flexibility index (Phi) is 3.70. The molecule has 1 aliphatic carbocycles. The summed E-state index contributed by atoms with van der Waals surface area (Å²) in [7, 11) is 0. The van der Waals surface area contributed by atoms with Crippen molar-refractivity contribution in [2.24, 2.45) is 5.41 Å². The molecule has 0 saturated heterocycles. The molecule has 0 spiro atoms. The van der Waals surface area contributed by atoms with Gasteiger partial charge in [0.05, 0.1) is 12.5 Å². The summed E-state index contributed by atoms with van der Waals surface area (Å²) in [5.74, 6) is 0. The van der Waals surface area contributed by atoms with E-state index in [4.69, 9.17) is 0 Å². The maximum absolute atomic E-state index is 12.6. The van der Waals surface area contributed by atoms with Gasteiger partial charge in [-0.25, -0.2) is 0 Å². The van der Waals surface area contributed by atoms with Crippen molar-refractivity contribution in [3.63, 3.8) is 0 Å². The Morgan fingerprint density at radius 2 is 2.05 bits per heavy atom. The fourth-order valence-corrected chi connectivity index (χ4v) is 3.40. The molecule has 0 bridgehead atoms. The van der Waals surface area contributed by atoms with E-state index in [2.05, 4.69) is 0 Å². The molecule has 0 saturated carbocycles. The lowest BCUT2D eigenvalue weighted by molar-refractivity contribution is -0.141. The van der Waals surface area contributed by atoms with Crippen LogP contribution in [0.5, 0.6) is 0 Å². The highest BCUT2D eigenvalue weighted by molar-refractivity contribution is 5.33. The minimum absolute atomic E-state index is 0.0904. The van der Waals surface area contributed by atoms with Gasteiger partial charge in [-0.15, -0.1) is 0 Å². The second kappa shape index (κ2) is 4.79. The number of aliphatic hydroxyl groups is 1. The summed E-state index contributed by atoms with van der Waals surface area (Å²) in [6.07, 6.45) is -4.24. The molecule has 1 N–H and O–H groups in total. The molecule has 0 amide bonds. The smallest absolute Gasteiger partial charge is 0.388 e. The first kappa shape index (κ1) is 15.4. The molecule has 0 aromatic carbocycles. The topological polar surface area (TPSA) is 25.2 Å². The van der Waals surface area contributed by atoms with Crippen LogP contribution in [0.15, 0.2) is 6.07 Å². The number of fused-ring (bicyclic) bond motifs is 1. The number of aromatic nitrogens is 1. The van der Waals surface area contributed by atoms with Gasteiger partial charge in [-0.2, -0.15) is 13.2 Å². The lowest BCUT2D eigenvalue weighted by Crippen LogP contribution is -2.28. The molecule has 1 aromatic rings. The molecule has 2 atom stereocenters. The second-order valence-corrected chi connectivity index (χ2v) is 6.79. The van der Waals surface area contributed by atoms with Crippen molar-refractivity contribution in [2.45, 2.75) is 65.3 Å². The maximum atomic E-state index is 12.6. The average molecular weight is 289 g/mol. The monoisotopic (exact) mass is 289 g/mol. The quantitative estimate of drug-likeness (QED) is 0.862. The van der Waals surface area contributed by atoms with E-state index in [-0.39, 0.29) is 5.41 Å². The van der Waals surface area contributed by atoms with Crippen LogP contribution in [0.3, 0.4) is 0 Å². The highest BCUT2D eigenvalue weighted by Gasteiger charge is 2.37. The Morgan fingerprint density at radius 1 is 1.45 bits per heavy atom. The summed E-state index contributed by atoms with van der Waals surface area (Å²) in [5, 5.41) is 10.2. The number of alkyl halides is 3. The van der Waals surface area contributed by atoms with E-state index >= 15 is 0 Å². The number of rotatable bonds is 2. The van der Waals surface area contributed by atoms with Gasteiger partial charge in [0.15, 0.2) is 0 Å². The standard InChI is InChI=1S/C15H22F3NO/c1-9-5-11-12(7-14(3,4)8-13(11)20)19(9)10(2)6-15(16,17)18/h5,10,13,20H,6-8H2,1-4H3. The van der Waals surface area contributed by atoms with Crippen LogP contribution in [-0.2, 0) is 6.42 Å². The van der Waals surface area contributed by atoms with Crippen LogP contribution in [-0.4, -0.2) is 15.8 Å². The maximum Gasteiger partial charge on any atom is 0.391 e. The SMILES string of the molecule is Cc1cc2c(n1C(C)CC(F)(F)F)CC(C)(C)CC2O. The molecule has 5 heteroatoms. The molecular formula is C15H22F3NO. The van der Waals surface area contributed by atoms with Crippen LogP contribution in [0.2, 0.25) is 0 Å². The van der Waals surface area contributed by atoms with Gasteiger partial charge >= 0.3 is 6.18 Å². The molecule has 0 radical (unpaired) electrons. The summed E-state index contributed by atoms with van der Waals surface area (Å²) in [6.45, 7) is 7.49. The zero-order valence-electron chi connectivity index (χ0n) is 12.4. The van der Waals surface area contributed by atoms with Crippen LogP contribution in [0.1, 0.15) is 62.7 Å². The first-order chi connectivity index (χ1) is 9.00. The van der Waals surface area contributed by atoms with Crippen molar-refractivity contribution in [3.8, 4) is 0 Å². The highest BCUT2D eigenvalue weighted by atomic mass is 19.4. The van der Waals surface area contributed by atoms with Crippen LogP contribution >= 0.6 is 0 Å². The third-order valence-corrected chi connectivity index (χ3v) is 4.09. The number of nitrogens with zero attached hydrogens (tertiary/aromatic N) is 1. The van der Waals surface area contributed by atoms with Crippen molar-refractivity contribution in [3.05, 3.63) is 23.0 Å². The summed E-state index contributed by atoms with van der Waals surface area (Å²) in [5.41, 5.74) is 2.37. The van der Waals surface area contributed by atoms with E-state index < -0.39 is 24.7 Å². The first-order valence-corrected chi connectivity index (χ1v) is 6.95. The lowest BCUT2D eigenvalue weighted by Gasteiger charge is -2.35. The fraction of sp³-hybridized carbons (Fsp3) is 0.733. The average Bonchev–Trinajstić information content (AvgIpc) is 2.50. The van der Waals surface area contributed by atoms with E-state index in [9.17, 15) is 18.3 Å². The van der Waals surface area contributed by atoms with Gasteiger partial charge in [-0.05, 0) is 38.2 Å². The molecule has 0 aliphatic heterocycles. The molecule has 114 valence electrons. The van der Waals surface area contributed by atoms with Crippen molar-refractivity contribution >= 4 is 0 Å². The summed E-state index contributed by atoms with van der Waals surface area (Å²) in [4.78, 5) is 0. The third kappa shape index (κ3) is 3.03. The molecule has 1 aliphatic rings. The van der Waals surface area contributed by atoms with Gasteiger partial charge < -0.3 is 9.67 Å². The Bertz CT molecular complexity index is 502. The lowest BCUT2D eigenvalue weighted by atomic mass is 9.75. The summed E-state index contributed by atoms with van der Waals surface area (Å²) < 4.78 is 39.6. The normalized spacial score (nSPS) is 23.5. The zero-order chi connectivity index (χ0) is 15.3. The first-order valence-electron chi connectivity index (χ1n) is 6.95. The van der Waals surface area contributed by atoms with Gasteiger partial charge in [0.2, 0.25) is 0 Å². The van der Waals surface area contributed by atoms with Gasteiger partial charge in [0.1, 0.15) is 0 Å². The van der Waals surface area contributed by atoms with Crippen molar-refractivity contribution in [1.82, 2.24) is 4.57 Å². The van der Waals surface area contributed by atoms with E-state index in [0.29, 0.717) is 12.8 Å². The highest BCUT2D eigenvalue weighted by Crippen LogP contribution is 2.43. The van der Waals surface area contributed by atoms with Gasteiger partial charge in [0.25, 0.3) is 0 Å². The third-order valence-electron chi connectivity index (χ3n) is 4.09. The van der Waals surface area contributed by atoms with E-state index in [1.54, 1.807) is 11.5 Å². The predicted octanol–water partition coefficient (Wildman–Crippen LogP) is 4.32. The fourth-order valence-electron chi connectivity index (χ4n) is 3.40. The van der Waals surface area contributed by atoms with Crippen molar-refractivity contribution < 1.29 is 18.3 Å². The van der Waals surface area contributed by atoms with Crippen LogP contribution in [0.4, 0.5) is 13.2 Å².